The lowest BCUT2D eigenvalue weighted by molar-refractivity contribution is -0.137. The van der Waals surface area contributed by atoms with Crippen molar-refractivity contribution in [3.63, 3.8) is 0 Å². The fourth-order valence-electron chi connectivity index (χ4n) is 3.61. The summed E-state index contributed by atoms with van der Waals surface area (Å²) in [6.07, 6.45) is -3.21. The number of aromatic nitrogens is 1. The maximum absolute atomic E-state index is 13.1. The Morgan fingerprint density at radius 1 is 0.931 bits per heavy atom. The molecule has 5 nitrogen and oxygen atoms in total. The molecule has 154 valence electrons. The van der Waals surface area contributed by atoms with Crippen LogP contribution in [-0.2, 0) is 16.2 Å². The van der Waals surface area contributed by atoms with Gasteiger partial charge < -0.3 is 9.80 Å². The molecule has 4 rings (SSSR count). The van der Waals surface area contributed by atoms with Gasteiger partial charge in [0.15, 0.2) is 0 Å². The third-order valence-electron chi connectivity index (χ3n) is 5.24. The highest BCUT2D eigenvalue weighted by atomic mass is 32.2. The molecule has 1 aliphatic rings. The molecule has 1 aliphatic heterocycles. The molecule has 0 radical (unpaired) electrons. The van der Waals surface area contributed by atoms with Crippen molar-refractivity contribution in [1.29, 1.82) is 0 Å². The summed E-state index contributed by atoms with van der Waals surface area (Å²) in [5.41, 5.74) is 0.376. The summed E-state index contributed by atoms with van der Waals surface area (Å²) in [5, 5.41) is 0.757. The fourth-order valence-corrected chi connectivity index (χ4v) is 5.00. The molecule has 0 bridgehead atoms. The molecule has 0 unspecified atom stereocenters. The molecule has 0 amide bonds. The zero-order valence-electron chi connectivity index (χ0n) is 15.7. The Labute approximate surface area is 167 Å². The average molecular weight is 423 g/mol. The number of rotatable bonds is 3. The molecular weight excluding hydrogens is 403 g/mol. The Hall–Kier alpha value is -2.52. The van der Waals surface area contributed by atoms with E-state index in [0.717, 1.165) is 53.4 Å². The Kier molecular flexibility index (Phi) is 4.82. The summed E-state index contributed by atoms with van der Waals surface area (Å²) in [5.74, 6) is 0. The smallest absolute Gasteiger partial charge is 0.368 e. The van der Waals surface area contributed by atoms with Gasteiger partial charge in [0.25, 0.3) is 10.0 Å². The van der Waals surface area contributed by atoms with Crippen LogP contribution in [-0.4, -0.2) is 50.5 Å². The number of halogens is 3. The number of alkyl halides is 3. The van der Waals surface area contributed by atoms with E-state index in [1.165, 1.54) is 12.3 Å². The van der Waals surface area contributed by atoms with Crippen molar-refractivity contribution < 1.29 is 21.6 Å². The summed E-state index contributed by atoms with van der Waals surface area (Å²) in [4.78, 5) is 4.03. The first kappa shape index (κ1) is 19.8. The molecule has 0 N–H and O–H groups in total. The monoisotopic (exact) mass is 423 g/mol. The molecule has 0 aliphatic carbocycles. The zero-order valence-corrected chi connectivity index (χ0v) is 16.5. The van der Waals surface area contributed by atoms with Crippen LogP contribution in [0.4, 0.5) is 18.9 Å². The zero-order chi connectivity index (χ0) is 20.8. The number of hydrogen-bond acceptors (Lipinski definition) is 4. The minimum absolute atomic E-state index is 0.394. The number of likely N-dealkylation sites (N-methyl/N-ethyl adjacent to an activating group) is 1. The summed E-state index contributed by atoms with van der Waals surface area (Å²) in [7, 11) is -2.12. The Morgan fingerprint density at radius 2 is 1.62 bits per heavy atom. The molecule has 2 aromatic carbocycles. The van der Waals surface area contributed by atoms with E-state index in [9.17, 15) is 21.6 Å². The van der Waals surface area contributed by atoms with Gasteiger partial charge in [-0.15, -0.1) is 0 Å². The first-order chi connectivity index (χ1) is 13.7. The van der Waals surface area contributed by atoms with E-state index in [1.807, 2.05) is 6.07 Å². The maximum atomic E-state index is 13.1. The van der Waals surface area contributed by atoms with E-state index >= 15 is 0 Å². The molecule has 3 aromatic rings. The minimum atomic E-state index is -4.61. The van der Waals surface area contributed by atoms with Crippen molar-refractivity contribution in [2.24, 2.45) is 0 Å². The molecule has 2 heterocycles. The molecule has 1 fully saturated rings. The highest BCUT2D eigenvalue weighted by Gasteiger charge is 2.32. The van der Waals surface area contributed by atoms with Gasteiger partial charge in [-0.3, -0.25) is 0 Å². The van der Waals surface area contributed by atoms with Gasteiger partial charge in [0, 0.05) is 43.4 Å². The van der Waals surface area contributed by atoms with Crippen LogP contribution in [0.2, 0.25) is 0 Å². The third kappa shape index (κ3) is 3.60. The number of anilines is 1. The predicted molar refractivity (Wildman–Crippen MR) is 106 cm³/mol. The van der Waals surface area contributed by atoms with Crippen LogP contribution in [0.5, 0.6) is 0 Å². The molecule has 0 spiro atoms. The Balaban J connectivity index is 1.78. The highest BCUT2D eigenvalue weighted by molar-refractivity contribution is 7.90. The lowest BCUT2D eigenvalue weighted by Gasteiger charge is -2.34. The summed E-state index contributed by atoms with van der Waals surface area (Å²) in [6, 6.07) is 10.9. The van der Waals surface area contributed by atoms with Gasteiger partial charge in [-0.05, 0) is 43.4 Å². The SMILES string of the molecule is CN1CCN(c2cccc3c2ccn3S(=O)(=O)c2cccc(C(F)(F)F)c2)CC1. The van der Waals surface area contributed by atoms with Crippen LogP contribution < -0.4 is 4.90 Å². The van der Waals surface area contributed by atoms with Gasteiger partial charge in [0.1, 0.15) is 0 Å². The normalized spacial score (nSPS) is 16.5. The van der Waals surface area contributed by atoms with Crippen molar-refractivity contribution in [1.82, 2.24) is 8.87 Å². The number of piperazine rings is 1. The first-order valence-electron chi connectivity index (χ1n) is 9.14. The van der Waals surface area contributed by atoms with Crippen LogP contribution in [0, 0.1) is 0 Å². The van der Waals surface area contributed by atoms with Crippen molar-refractivity contribution in [2.75, 3.05) is 38.1 Å². The van der Waals surface area contributed by atoms with Gasteiger partial charge in [-0.2, -0.15) is 13.2 Å². The van der Waals surface area contributed by atoms with Gasteiger partial charge in [-0.1, -0.05) is 12.1 Å². The summed E-state index contributed by atoms with van der Waals surface area (Å²) >= 11 is 0. The second kappa shape index (κ2) is 7.07. The summed E-state index contributed by atoms with van der Waals surface area (Å²) in [6.45, 7) is 3.45. The van der Waals surface area contributed by atoms with E-state index in [2.05, 4.69) is 16.8 Å². The van der Waals surface area contributed by atoms with Gasteiger partial charge >= 0.3 is 6.18 Å². The predicted octanol–water partition coefficient (Wildman–Crippen LogP) is 3.65. The Morgan fingerprint density at radius 3 is 2.31 bits per heavy atom. The van der Waals surface area contributed by atoms with E-state index in [4.69, 9.17) is 0 Å². The maximum Gasteiger partial charge on any atom is 0.416 e. The van der Waals surface area contributed by atoms with Crippen LogP contribution in [0.1, 0.15) is 5.56 Å². The van der Waals surface area contributed by atoms with Crippen LogP contribution >= 0.6 is 0 Å². The van der Waals surface area contributed by atoms with Crippen molar-refractivity contribution in [2.45, 2.75) is 11.1 Å². The van der Waals surface area contributed by atoms with Gasteiger partial charge in [0.2, 0.25) is 0 Å². The standard InChI is InChI=1S/C20H20F3N3O2S/c1-24-10-12-25(13-11-24)18-6-3-7-19-17(18)8-9-26(19)29(27,28)16-5-2-4-15(14-16)20(21,22)23/h2-9,14H,10-13H2,1H3. The lowest BCUT2D eigenvalue weighted by Crippen LogP contribution is -2.44. The van der Waals surface area contributed by atoms with E-state index < -0.39 is 26.7 Å². The fraction of sp³-hybridized carbons (Fsp3) is 0.300. The first-order valence-corrected chi connectivity index (χ1v) is 10.6. The molecule has 9 heteroatoms. The topological polar surface area (TPSA) is 45.5 Å². The van der Waals surface area contributed by atoms with Crippen molar-refractivity contribution >= 4 is 26.6 Å². The number of fused-ring (bicyclic) bond motifs is 1. The second-order valence-corrected chi connectivity index (χ2v) is 8.96. The van der Waals surface area contributed by atoms with Crippen LogP contribution in [0.25, 0.3) is 10.9 Å². The lowest BCUT2D eigenvalue weighted by atomic mass is 10.2. The Bertz CT molecular complexity index is 1150. The largest absolute Gasteiger partial charge is 0.416 e. The van der Waals surface area contributed by atoms with Crippen molar-refractivity contribution in [3.05, 3.63) is 60.3 Å². The average Bonchev–Trinajstić information content (AvgIpc) is 3.13. The second-order valence-electron chi connectivity index (χ2n) is 7.14. The molecular formula is C20H20F3N3O2S. The molecule has 0 atom stereocenters. The quantitative estimate of drug-likeness (QED) is 0.645. The minimum Gasteiger partial charge on any atom is -0.368 e. The van der Waals surface area contributed by atoms with Gasteiger partial charge in [0.05, 0.1) is 16.0 Å². The number of nitrogens with zero attached hydrogens (tertiary/aromatic N) is 3. The van der Waals surface area contributed by atoms with E-state index in [0.29, 0.717) is 11.6 Å². The highest BCUT2D eigenvalue weighted by Crippen LogP contribution is 2.33. The van der Waals surface area contributed by atoms with Crippen LogP contribution in [0.3, 0.4) is 0 Å². The van der Waals surface area contributed by atoms with E-state index in [1.54, 1.807) is 18.2 Å². The third-order valence-corrected chi connectivity index (χ3v) is 6.92. The number of benzene rings is 2. The number of hydrogen-bond donors (Lipinski definition) is 0. The molecule has 1 aromatic heterocycles. The summed E-state index contributed by atoms with van der Waals surface area (Å²) < 4.78 is 66.3. The molecule has 0 saturated carbocycles. The van der Waals surface area contributed by atoms with Crippen molar-refractivity contribution in [3.8, 4) is 0 Å². The molecule has 1 saturated heterocycles. The van der Waals surface area contributed by atoms with Gasteiger partial charge in [-0.25, -0.2) is 12.4 Å². The van der Waals surface area contributed by atoms with E-state index in [-0.39, 0.29) is 0 Å². The molecule has 29 heavy (non-hydrogen) atoms. The van der Waals surface area contributed by atoms with Crippen LogP contribution in [0.15, 0.2) is 59.6 Å².